The minimum atomic E-state index is -0.120. The van der Waals surface area contributed by atoms with E-state index in [2.05, 4.69) is 31.2 Å². The highest BCUT2D eigenvalue weighted by Crippen LogP contribution is 2.36. The number of benzene rings is 1. The van der Waals surface area contributed by atoms with Crippen LogP contribution in [0, 0.1) is 5.82 Å². The maximum atomic E-state index is 13.1. The largest absolute Gasteiger partial charge is 0.312 e. The van der Waals surface area contributed by atoms with Crippen LogP contribution in [0.3, 0.4) is 0 Å². The van der Waals surface area contributed by atoms with Crippen molar-refractivity contribution in [3.63, 3.8) is 0 Å². The summed E-state index contributed by atoms with van der Waals surface area (Å²) < 4.78 is 13.1. The molecule has 1 atom stereocenters. The van der Waals surface area contributed by atoms with Crippen LogP contribution in [0.4, 0.5) is 4.39 Å². The molecular weight excluding hydrogens is 227 g/mol. The lowest BCUT2D eigenvalue weighted by atomic mass is 9.76. The quantitative estimate of drug-likeness (QED) is 0.864. The summed E-state index contributed by atoms with van der Waals surface area (Å²) in [5.74, 6) is 0.415. The van der Waals surface area contributed by atoms with Crippen molar-refractivity contribution >= 4 is 0 Å². The molecule has 0 amide bonds. The Labute approximate surface area is 109 Å². The van der Waals surface area contributed by atoms with Crippen LogP contribution in [0.15, 0.2) is 24.3 Å². The van der Waals surface area contributed by atoms with Gasteiger partial charge in [-0.05, 0) is 57.5 Å². The zero-order valence-corrected chi connectivity index (χ0v) is 11.5. The molecule has 1 fully saturated rings. The normalized spacial score (nSPS) is 24.9. The predicted molar refractivity (Wildman–Crippen MR) is 73.3 cm³/mol. The second-order valence-electron chi connectivity index (χ2n) is 5.64. The minimum absolute atomic E-state index is 0.120. The highest BCUT2D eigenvalue weighted by Gasteiger charge is 2.30. The Hall–Kier alpha value is -0.930. The molecule has 0 bridgehead atoms. The molecule has 3 heteroatoms. The number of likely N-dealkylation sites (N-methyl/N-ethyl adjacent to an activating group) is 1. The maximum absolute atomic E-state index is 13.1. The van der Waals surface area contributed by atoms with Gasteiger partial charge in [0.15, 0.2) is 0 Å². The molecule has 0 heterocycles. The first-order valence-corrected chi connectivity index (χ1v) is 6.71. The Balaban J connectivity index is 1.74. The monoisotopic (exact) mass is 250 g/mol. The van der Waals surface area contributed by atoms with Gasteiger partial charge in [-0.25, -0.2) is 4.39 Å². The van der Waals surface area contributed by atoms with Gasteiger partial charge in [0.2, 0.25) is 0 Å². The van der Waals surface area contributed by atoms with Gasteiger partial charge in [0.25, 0.3) is 0 Å². The summed E-state index contributed by atoms with van der Waals surface area (Å²) in [6, 6.07) is 8.17. The summed E-state index contributed by atoms with van der Waals surface area (Å²) >= 11 is 0. The molecule has 0 saturated heterocycles. The van der Waals surface area contributed by atoms with Crippen molar-refractivity contribution in [2.75, 3.05) is 20.6 Å². The van der Waals surface area contributed by atoms with Gasteiger partial charge in [0, 0.05) is 18.6 Å². The number of hydrogen-bond acceptors (Lipinski definition) is 2. The van der Waals surface area contributed by atoms with E-state index in [4.69, 9.17) is 0 Å². The molecule has 0 aliphatic heterocycles. The molecule has 100 valence electrons. The topological polar surface area (TPSA) is 15.3 Å². The first-order chi connectivity index (χ1) is 8.56. The third-order valence-corrected chi connectivity index (χ3v) is 4.04. The standard InChI is InChI=1S/C15H23FN2/c1-11(18(2)3)10-17-15-8-13(9-15)12-5-4-6-14(16)7-12/h4-7,11,13,15,17H,8-10H2,1-3H3. The highest BCUT2D eigenvalue weighted by atomic mass is 19.1. The summed E-state index contributed by atoms with van der Waals surface area (Å²) in [5, 5.41) is 3.58. The van der Waals surface area contributed by atoms with Crippen molar-refractivity contribution in [2.24, 2.45) is 0 Å². The third-order valence-electron chi connectivity index (χ3n) is 4.04. The number of halogens is 1. The Kier molecular flexibility index (Phi) is 4.36. The highest BCUT2D eigenvalue weighted by molar-refractivity contribution is 5.23. The fourth-order valence-corrected chi connectivity index (χ4v) is 2.34. The SMILES string of the molecule is CC(CNC1CC(c2cccc(F)c2)C1)N(C)C. The number of nitrogens with one attached hydrogen (secondary N) is 1. The second kappa shape index (κ2) is 5.81. The molecule has 1 aromatic rings. The van der Waals surface area contributed by atoms with Crippen LogP contribution in [0.1, 0.15) is 31.2 Å². The van der Waals surface area contributed by atoms with Crippen LogP contribution in [0.25, 0.3) is 0 Å². The van der Waals surface area contributed by atoms with Crippen molar-refractivity contribution in [1.29, 1.82) is 0 Å². The molecule has 2 rings (SSSR count). The molecule has 18 heavy (non-hydrogen) atoms. The van der Waals surface area contributed by atoms with Crippen molar-refractivity contribution < 1.29 is 4.39 Å². The van der Waals surface area contributed by atoms with Gasteiger partial charge >= 0.3 is 0 Å². The van der Waals surface area contributed by atoms with E-state index >= 15 is 0 Å². The summed E-state index contributed by atoms with van der Waals surface area (Å²) in [7, 11) is 4.20. The zero-order valence-electron chi connectivity index (χ0n) is 11.5. The van der Waals surface area contributed by atoms with Crippen LogP contribution in [-0.4, -0.2) is 37.6 Å². The van der Waals surface area contributed by atoms with Crippen molar-refractivity contribution in [2.45, 2.75) is 37.8 Å². The van der Waals surface area contributed by atoms with E-state index in [0.717, 1.165) is 24.9 Å². The van der Waals surface area contributed by atoms with E-state index in [0.29, 0.717) is 18.0 Å². The summed E-state index contributed by atoms with van der Waals surface area (Å²) in [6.07, 6.45) is 2.26. The summed E-state index contributed by atoms with van der Waals surface area (Å²) in [6.45, 7) is 3.24. The first-order valence-electron chi connectivity index (χ1n) is 6.71. The van der Waals surface area contributed by atoms with Gasteiger partial charge in [0.05, 0.1) is 0 Å². The van der Waals surface area contributed by atoms with Crippen molar-refractivity contribution in [1.82, 2.24) is 10.2 Å². The predicted octanol–water partition coefficient (Wildman–Crippen LogP) is 2.61. The van der Waals surface area contributed by atoms with E-state index in [-0.39, 0.29) is 5.82 Å². The van der Waals surface area contributed by atoms with Crippen molar-refractivity contribution in [3.8, 4) is 0 Å². The van der Waals surface area contributed by atoms with Crippen LogP contribution < -0.4 is 5.32 Å². The molecule has 1 N–H and O–H groups in total. The molecule has 0 spiro atoms. The van der Waals surface area contributed by atoms with Crippen LogP contribution in [0.2, 0.25) is 0 Å². The minimum Gasteiger partial charge on any atom is -0.312 e. The lowest BCUT2D eigenvalue weighted by molar-refractivity contribution is 0.245. The molecule has 2 nitrogen and oxygen atoms in total. The van der Waals surface area contributed by atoms with E-state index < -0.39 is 0 Å². The zero-order chi connectivity index (χ0) is 13.1. The van der Waals surface area contributed by atoms with Gasteiger partial charge < -0.3 is 10.2 Å². The van der Waals surface area contributed by atoms with E-state index in [1.54, 1.807) is 12.1 Å². The fraction of sp³-hybridized carbons (Fsp3) is 0.600. The molecule has 0 aromatic heterocycles. The summed E-state index contributed by atoms with van der Waals surface area (Å²) in [5.41, 5.74) is 1.15. The first kappa shape index (κ1) is 13.5. The summed E-state index contributed by atoms with van der Waals surface area (Å²) in [4.78, 5) is 2.22. The second-order valence-corrected chi connectivity index (χ2v) is 5.64. The van der Waals surface area contributed by atoms with Gasteiger partial charge in [0.1, 0.15) is 5.82 Å². The van der Waals surface area contributed by atoms with E-state index in [1.807, 2.05) is 6.07 Å². The molecule has 1 saturated carbocycles. The molecular formula is C15H23FN2. The average Bonchev–Trinajstić information content (AvgIpc) is 2.26. The lowest BCUT2D eigenvalue weighted by Crippen LogP contribution is -2.45. The van der Waals surface area contributed by atoms with Crippen LogP contribution in [-0.2, 0) is 0 Å². The molecule has 1 aliphatic carbocycles. The van der Waals surface area contributed by atoms with E-state index in [9.17, 15) is 4.39 Å². The average molecular weight is 250 g/mol. The maximum Gasteiger partial charge on any atom is 0.123 e. The number of hydrogen-bond donors (Lipinski definition) is 1. The Morgan fingerprint density at radius 1 is 1.39 bits per heavy atom. The third kappa shape index (κ3) is 3.30. The molecule has 1 aromatic carbocycles. The van der Waals surface area contributed by atoms with Crippen LogP contribution in [0.5, 0.6) is 0 Å². The van der Waals surface area contributed by atoms with Crippen LogP contribution >= 0.6 is 0 Å². The Bertz CT molecular complexity index is 386. The number of nitrogens with zero attached hydrogens (tertiary/aromatic N) is 1. The molecule has 1 unspecified atom stereocenters. The Morgan fingerprint density at radius 2 is 2.11 bits per heavy atom. The van der Waals surface area contributed by atoms with Gasteiger partial charge in [-0.2, -0.15) is 0 Å². The van der Waals surface area contributed by atoms with Gasteiger partial charge in [-0.3, -0.25) is 0 Å². The number of rotatable bonds is 5. The van der Waals surface area contributed by atoms with Gasteiger partial charge in [-0.1, -0.05) is 12.1 Å². The Morgan fingerprint density at radius 3 is 2.72 bits per heavy atom. The van der Waals surface area contributed by atoms with Gasteiger partial charge in [-0.15, -0.1) is 0 Å². The lowest BCUT2D eigenvalue weighted by Gasteiger charge is -2.37. The smallest absolute Gasteiger partial charge is 0.123 e. The molecule has 1 aliphatic rings. The fourth-order valence-electron chi connectivity index (χ4n) is 2.34. The molecule has 0 radical (unpaired) electrons. The van der Waals surface area contributed by atoms with E-state index in [1.165, 1.54) is 6.07 Å². The van der Waals surface area contributed by atoms with Crippen molar-refractivity contribution in [3.05, 3.63) is 35.6 Å².